The average Bonchev–Trinajstić information content (AvgIpc) is 3.61. The summed E-state index contributed by atoms with van der Waals surface area (Å²) in [6.07, 6.45) is 53.2. The van der Waals surface area contributed by atoms with Gasteiger partial charge < -0.3 is 0 Å². The van der Waals surface area contributed by atoms with Crippen molar-refractivity contribution in [3.05, 3.63) is 0 Å². The minimum atomic E-state index is 1.10. The Kier molecular flexibility index (Phi) is 11.0. The molecule has 0 saturated heterocycles. The molecule has 10 fully saturated rings. The van der Waals surface area contributed by atoms with Crippen molar-refractivity contribution < 1.29 is 0 Å². The third-order valence-electron chi connectivity index (χ3n) is 21.0. The zero-order valence-corrected chi connectivity index (χ0v) is 33.7. The van der Waals surface area contributed by atoms with Crippen LogP contribution in [-0.2, 0) is 0 Å². The van der Waals surface area contributed by atoms with E-state index in [4.69, 9.17) is 0 Å². The van der Waals surface area contributed by atoms with Gasteiger partial charge in [0, 0.05) is 0 Å². The molecule has 288 valence electrons. The Hall–Kier alpha value is 0. The Morgan fingerprint density at radius 2 is 0.529 bits per heavy atom. The van der Waals surface area contributed by atoms with Crippen molar-refractivity contribution in [1.29, 1.82) is 0 Å². The predicted octanol–water partition coefficient (Wildman–Crippen LogP) is 15.1. The molecule has 15 unspecified atom stereocenters. The van der Waals surface area contributed by atoms with Crippen LogP contribution >= 0.6 is 0 Å². The van der Waals surface area contributed by atoms with Gasteiger partial charge in [0.2, 0.25) is 0 Å². The molecule has 0 aliphatic heterocycles. The van der Waals surface area contributed by atoms with Gasteiger partial charge in [-0.15, -0.1) is 0 Å². The van der Waals surface area contributed by atoms with Crippen LogP contribution in [0.25, 0.3) is 0 Å². The van der Waals surface area contributed by atoms with Gasteiger partial charge in [-0.2, -0.15) is 0 Å². The lowest BCUT2D eigenvalue weighted by Gasteiger charge is -2.54. The molecule has 10 rings (SSSR count). The standard InChI is InChI=1S/C51H84/c1-4-12-34(13-5-1)38-21-22-40-29-41(24-23-39(40)28-38)44-30-43(35-14-6-2-7-15-35)31-45(32-44)48-27-26-46(36-16-8-3-9-17-36)49-33-42-25-20-37-18-10-11-19-47(37)50(42)51(48)49/h34-51H,1-33H2. The Balaban J connectivity index is 0.896. The maximum absolute atomic E-state index is 1.70. The summed E-state index contributed by atoms with van der Waals surface area (Å²) in [5, 5.41) is 0. The van der Waals surface area contributed by atoms with E-state index in [0.29, 0.717) is 0 Å². The van der Waals surface area contributed by atoms with E-state index < -0.39 is 0 Å². The van der Waals surface area contributed by atoms with Crippen molar-refractivity contribution in [3.8, 4) is 0 Å². The fourth-order valence-corrected chi connectivity index (χ4v) is 18.9. The normalized spacial score (nSPS) is 50.5. The molecule has 0 aromatic heterocycles. The van der Waals surface area contributed by atoms with Crippen molar-refractivity contribution in [2.45, 2.75) is 212 Å². The molecule has 10 aliphatic carbocycles. The van der Waals surface area contributed by atoms with Crippen molar-refractivity contribution in [1.82, 2.24) is 0 Å². The van der Waals surface area contributed by atoms with Crippen molar-refractivity contribution in [3.63, 3.8) is 0 Å². The van der Waals surface area contributed by atoms with Crippen LogP contribution in [0.15, 0.2) is 0 Å². The minimum Gasteiger partial charge on any atom is -0.0533 e. The van der Waals surface area contributed by atoms with E-state index in [1.54, 1.807) is 205 Å². The monoisotopic (exact) mass is 697 g/mol. The van der Waals surface area contributed by atoms with Gasteiger partial charge in [-0.05, 0) is 203 Å². The van der Waals surface area contributed by atoms with Crippen LogP contribution in [0.2, 0.25) is 0 Å². The van der Waals surface area contributed by atoms with E-state index in [9.17, 15) is 0 Å². The van der Waals surface area contributed by atoms with Crippen molar-refractivity contribution >= 4 is 0 Å². The Morgan fingerprint density at radius 3 is 1.18 bits per heavy atom. The van der Waals surface area contributed by atoms with E-state index in [0.717, 1.165) is 107 Å². The summed E-state index contributed by atoms with van der Waals surface area (Å²) < 4.78 is 0. The van der Waals surface area contributed by atoms with Crippen LogP contribution in [0.5, 0.6) is 0 Å². The molecule has 10 saturated carbocycles. The van der Waals surface area contributed by atoms with Gasteiger partial charge in [-0.1, -0.05) is 116 Å². The zero-order chi connectivity index (χ0) is 33.7. The molecular formula is C51H84. The highest BCUT2D eigenvalue weighted by Crippen LogP contribution is 2.66. The molecule has 0 heterocycles. The molecular weight excluding hydrogens is 613 g/mol. The summed E-state index contributed by atoms with van der Waals surface area (Å²) in [6.45, 7) is 0. The lowest BCUT2D eigenvalue weighted by molar-refractivity contribution is -0.0538. The number of fused-ring (bicyclic) bond motifs is 6. The van der Waals surface area contributed by atoms with Crippen LogP contribution in [-0.4, -0.2) is 0 Å². The molecule has 0 N–H and O–H groups in total. The minimum absolute atomic E-state index is 1.10. The molecule has 0 nitrogen and oxygen atoms in total. The van der Waals surface area contributed by atoms with Gasteiger partial charge in [-0.25, -0.2) is 0 Å². The predicted molar refractivity (Wildman–Crippen MR) is 215 cm³/mol. The molecule has 0 radical (unpaired) electrons. The number of hydrogen-bond acceptors (Lipinski definition) is 0. The molecule has 0 aromatic carbocycles. The van der Waals surface area contributed by atoms with E-state index in [2.05, 4.69) is 0 Å². The Morgan fingerprint density at radius 1 is 0.157 bits per heavy atom. The summed E-state index contributed by atoms with van der Waals surface area (Å²) in [4.78, 5) is 0. The summed E-state index contributed by atoms with van der Waals surface area (Å²) in [5.41, 5.74) is 0. The van der Waals surface area contributed by atoms with Gasteiger partial charge in [0.1, 0.15) is 0 Å². The molecule has 15 atom stereocenters. The largest absolute Gasteiger partial charge is 0.0533 e. The average molecular weight is 697 g/mol. The van der Waals surface area contributed by atoms with E-state index in [1.165, 1.54) is 6.42 Å². The topological polar surface area (TPSA) is 0 Å². The van der Waals surface area contributed by atoms with Crippen LogP contribution in [0.3, 0.4) is 0 Å². The third kappa shape index (κ3) is 7.14. The zero-order valence-electron chi connectivity index (χ0n) is 33.7. The Labute approximate surface area is 317 Å². The lowest BCUT2D eigenvalue weighted by Crippen LogP contribution is -2.47. The van der Waals surface area contributed by atoms with Crippen LogP contribution < -0.4 is 0 Å². The molecule has 51 heavy (non-hydrogen) atoms. The quantitative estimate of drug-likeness (QED) is 0.268. The second kappa shape index (κ2) is 15.9. The first kappa shape index (κ1) is 35.4. The molecule has 0 heteroatoms. The summed E-state index contributed by atoms with van der Waals surface area (Å²) in [6, 6.07) is 0. The van der Waals surface area contributed by atoms with Crippen molar-refractivity contribution in [2.24, 2.45) is 107 Å². The molecule has 0 spiro atoms. The van der Waals surface area contributed by atoms with Gasteiger partial charge in [-0.3, -0.25) is 0 Å². The fourth-order valence-electron chi connectivity index (χ4n) is 18.9. The fraction of sp³-hybridized carbons (Fsp3) is 1.00. The smallest absolute Gasteiger partial charge is 0.0318 e. The maximum atomic E-state index is 1.70. The maximum Gasteiger partial charge on any atom is -0.0318 e. The van der Waals surface area contributed by atoms with E-state index >= 15 is 0 Å². The van der Waals surface area contributed by atoms with Crippen LogP contribution in [0, 0.1) is 107 Å². The van der Waals surface area contributed by atoms with E-state index in [1.807, 2.05) is 0 Å². The summed E-state index contributed by atoms with van der Waals surface area (Å²) in [5.74, 6) is 20.3. The van der Waals surface area contributed by atoms with Gasteiger partial charge in [0.05, 0.1) is 0 Å². The highest BCUT2D eigenvalue weighted by Gasteiger charge is 2.59. The highest BCUT2D eigenvalue weighted by molar-refractivity contribution is 5.08. The van der Waals surface area contributed by atoms with Crippen LogP contribution in [0.4, 0.5) is 0 Å². The van der Waals surface area contributed by atoms with Gasteiger partial charge in [0.25, 0.3) is 0 Å². The first-order chi connectivity index (χ1) is 25.3. The van der Waals surface area contributed by atoms with Gasteiger partial charge in [0.15, 0.2) is 0 Å². The molecule has 10 aliphatic rings. The number of rotatable bonds is 5. The summed E-state index contributed by atoms with van der Waals surface area (Å²) in [7, 11) is 0. The first-order valence-electron chi connectivity index (χ1n) is 25.3. The molecule has 0 amide bonds. The third-order valence-corrected chi connectivity index (χ3v) is 21.0. The SMILES string of the molecule is C1CCC(C2CCC3CC(C4CC(C5CCCCC5)CC(C5CCC(C6CCCCC6)C6CC7CCC8CCCCC8C7C56)C4)CCC3C2)CC1. The lowest BCUT2D eigenvalue weighted by atomic mass is 9.51. The second-order valence-electron chi connectivity index (χ2n) is 22.9. The number of hydrogen-bond donors (Lipinski definition) is 0. The highest BCUT2D eigenvalue weighted by atomic mass is 14.6. The van der Waals surface area contributed by atoms with E-state index in [-0.39, 0.29) is 0 Å². The summed E-state index contributed by atoms with van der Waals surface area (Å²) >= 11 is 0. The van der Waals surface area contributed by atoms with Crippen LogP contribution in [0.1, 0.15) is 212 Å². The molecule has 0 aromatic rings. The first-order valence-corrected chi connectivity index (χ1v) is 25.3. The Bertz CT molecular complexity index is 1100. The van der Waals surface area contributed by atoms with Crippen molar-refractivity contribution in [2.75, 3.05) is 0 Å². The van der Waals surface area contributed by atoms with Gasteiger partial charge >= 0.3 is 0 Å². The molecule has 0 bridgehead atoms. The second-order valence-corrected chi connectivity index (χ2v) is 22.9.